The number of hydrogen-bond acceptors (Lipinski definition) is 1. The largest absolute Gasteiger partial charge is 0.338 e. The highest BCUT2D eigenvalue weighted by molar-refractivity contribution is 5.80. The SMILES string of the molecule is O=C(Cc1cccc(F)c1)N1CC=C(c2ccccc2)CC1. The first kappa shape index (κ1) is 14.5. The van der Waals surface area contributed by atoms with Crippen LogP contribution in [0.5, 0.6) is 0 Å². The van der Waals surface area contributed by atoms with Gasteiger partial charge in [0, 0.05) is 13.1 Å². The third kappa shape index (κ3) is 3.42. The van der Waals surface area contributed by atoms with Gasteiger partial charge in [-0.15, -0.1) is 0 Å². The topological polar surface area (TPSA) is 20.3 Å². The molecule has 3 rings (SSSR count). The molecule has 1 aliphatic heterocycles. The molecule has 0 bridgehead atoms. The van der Waals surface area contributed by atoms with Crippen molar-refractivity contribution in [3.8, 4) is 0 Å². The van der Waals surface area contributed by atoms with Crippen LogP contribution < -0.4 is 0 Å². The molecule has 112 valence electrons. The zero-order chi connectivity index (χ0) is 15.4. The van der Waals surface area contributed by atoms with Gasteiger partial charge in [-0.25, -0.2) is 4.39 Å². The summed E-state index contributed by atoms with van der Waals surface area (Å²) in [5.41, 5.74) is 3.23. The maximum absolute atomic E-state index is 13.2. The fourth-order valence-electron chi connectivity index (χ4n) is 2.74. The second kappa shape index (κ2) is 6.56. The van der Waals surface area contributed by atoms with Gasteiger partial charge in [0.05, 0.1) is 6.42 Å². The monoisotopic (exact) mass is 295 g/mol. The molecule has 2 aromatic rings. The lowest BCUT2D eigenvalue weighted by atomic mass is 9.99. The molecule has 0 spiro atoms. The normalized spacial score (nSPS) is 14.6. The van der Waals surface area contributed by atoms with E-state index in [0.717, 1.165) is 18.5 Å². The Morgan fingerprint density at radius 2 is 1.91 bits per heavy atom. The molecule has 0 saturated carbocycles. The van der Waals surface area contributed by atoms with Crippen molar-refractivity contribution in [1.29, 1.82) is 0 Å². The summed E-state index contributed by atoms with van der Waals surface area (Å²) in [6, 6.07) is 16.5. The summed E-state index contributed by atoms with van der Waals surface area (Å²) in [5.74, 6) is -0.246. The van der Waals surface area contributed by atoms with Crippen LogP contribution in [0.15, 0.2) is 60.7 Å². The van der Waals surface area contributed by atoms with Crippen LogP contribution in [0.4, 0.5) is 4.39 Å². The minimum absolute atomic E-state index is 0.0500. The molecule has 3 heteroatoms. The van der Waals surface area contributed by atoms with E-state index in [2.05, 4.69) is 18.2 Å². The number of nitrogens with zero attached hydrogens (tertiary/aromatic N) is 1. The van der Waals surface area contributed by atoms with Crippen molar-refractivity contribution in [1.82, 2.24) is 4.90 Å². The Bertz CT molecular complexity index is 694. The van der Waals surface area contributed by atoms with Gasteiger partial charge in [-0.3, -0.25) is 4.79 Å². The molecular weight excluding hydrogens is 277 g/mol. The van der Waals surface area contributed by atoms with Crippen LogP contribution >= 0.6 is 0 Å². The van der Waals surface area contributed by atoms with Crippen LogP contribution in [-0.2, 0) is 11.2 Å². The maximum atomic E-state index is 13.2. The van der Waals surface area contributed by atoms with Gasteiger partial charge in [-0.1, -0.05) is 48.5 Å². The third-order valence-corrected chi connectivity index (χ3v) is 3.95. The molecule has 1 heterocycles. The number of carbonyl (C=O) groups excluding carboxylic acids is 1. The summed E-state index contributed by atoms with van der Waals surface area (Å²) < 4.78 is 13.2. The zero-order valence-electron chi connectivity index (χ0n) is 12.3. The first-order valence-electron chi connectivity index (χ1n) is 7.49. The Kier molecular flexibility index (Phi) is 4.33. The highest BCUT2D eigenvalue weighted by atomic mass is 19.1. The van der Waals surface area contributed by atoms with Crippen LogP contribution in [-0.4, -0.2) is 23.9 Å². The predicted molar refractivity (Wildman–Crippen MR) is 85.7 cm³/mol. The van der Waals surface area contributed by atoms with Crippen LogP contribution in [0.2, 0.25) is 0 Å². The Morgan fingerprint density at radius 3 is 2.59 bits per heavy atom. The molecular formula is C19H18FNO. The summed E-state index contributed by atoms with van der Waals surface area (Å²) in [5, 5.41) is 0. The Morgan fingerprint density at radius 1 is 1.09 bits per heavy atom. The van der Waals surface area contributed by atoms with E-state index in [0.29, 0.717) is 6.54 Å². The van der Waals surface area contributed by atoms with Gasteiger partial charge < -0.3 is 4.90 Å². The molecule has 0 saturated heterocycles. The average molecular weight is 295 g/mol. The molecule has 1 amide bonds. The maximum Gasteiger partial charge on any atom is 0.227 e. The van der Waals surface area contributed by atoms with E-state index in [4.69, 9.17) is 0 Å². The molecule has 0 aromatic heterocycles. The third-order valence-electron chi connectivity index (χ3n) is 3.95. The Hall–Kier alpha value is -2.42. The van der Waals surface area contributed by atoms with Crippen LogP contribution in [0.25, 0.3) is 5.57 Å². The first-order valence-corrected chi connectivity index (χ1v) is 7.49. The van der Waals surface area contributed by atoms with E-state index in [1.54, 1.807) is 12.1 Å². The smallest absolute Gasteiger partial charge is 0.227 e. The lowest BCUT2D eigenvalue weighted by molar-refractivity contribution is -0.130. The molecule has 22 heavy (non-hydrogen) atoms. The van der Waals surface area contributed by atoms with E-state index in [1.807, 2.05) is 23.1 Å². The summed E-state index contributed by atoms with van der Waals surface area (Å²) >= 11 is 0. The van der Waals surface area contributed by atoms with E-state index < -0.39 is 0 Å². The van der Waals surface area contributed by atoms with E-state index >= 15 is 0 Å². The van der Waals surface area contributed by atoms with Crippen molar-refractivity contribution < 1.29 is 9.18 Å². The van der Waals surface area contributed by atoms with Gasteiger partial charge in [-0.05, 0) is 35.3 Å². The lowest BCUT2D eigenvalue weighted by Gasteiger charge is -2.27. The molecule has 0 fully saturated rings. The number of hydrogen-bond donors (Lipinski definition) is 0. The standard InChI is InChI=1S/C19H18FNO/c20-18-8-4-5-15(13-18)14-19(22)21-11-9-17(10-12-21)16-6-2-1-3-7-16/h1-9,13H,10-12,14H2. The van der Waals surface area contributed by atoms with Gasteiger partial charge in [0.2, 0.25) is 5.91 Å². The number of rotatable bonds is 3. The van der Waals surface area contributed by atoms with E-state index in [1.165, 1.54) is 23.3 Å². The second-order valence-corrected chi connectivity index (χ2v) is 5.49. The van der Waals surface area contributed by atoms with Crippen LogP contribution in [0.3, 0.4) is 0 Å². The van der Waals surface area contributed by atoms with Gasteiger partial charge in [0.15, 0.2) is 0 Å². The van der Waals surface area contributed by atoms with E-state index in [9.17, 15) is 9.18 Å². The summed E-state index contributed by atoms with van der Waals surface area (Å²) in [4.78, 5) is 14.1. The van der Waals surface area contributed by atoms with Crippen molar-refractivity contribution in [2.24, 2.45) is 0 Å². The molecule has 2 nitrogen and oxygen atoms in total. The minimum atomic E-state index is -0.296. The molecule has 2 aromatic carbocycles. The highest BCUT2D eigenvalue weighted by Gasteiger charge is 2.18. The van der Waals surface area contributed by atoms with Crippen molar-refractivity contribution >= 4 is 11.5 Å². The molecule has 1 aliphatic rings. The van der Waals surface area contributed by atoms with Crippen molar-refractivity contribution in [3.63, 3.8) is 0 Å². The van der Waals surface area contributed by atoms with Gasteiger partial charge >= 0.3 is 0 Å². The van der Waals surface area contributed by atoms with Crippen molar-refractivity contribution in [2.45, 2.75) is 12.8 Å². The van der Waals surface area contributed by atoms with Gasteiger partial charge in [0.1, 0.15) is 5.82 Å². The molecule has 0 radical (unpaired) electrons. The van der Waals surface area contributed by atoms with Crippen LogP contribution in [0, 0.1) is 5.82 Å². The molecule has 0 atom stereocenters. The number of carbonyl (C=O) groups is 1. The fraction of sp³-hybridized carbons (Fsp3) is 0.211. The highest BCUT2D eigenvalue weighted by Crippen LogP contribution is 2.22. The fourth-order valence-corrected chi connectivity index (χ4v) is 2.74. The van der Waals surface area contributed by atoms with Crippen LogP contribution in [0.1, 0.15) is 17.5 Å². The Balaban J connectivity index is 1.63. The lowest BCUT2D eigenvalue weighted by Crippen LogP contribution is -2.35. The zero-order valence-corrected chi connectivity index (χ0v) is 12.3. The second-order valence-electron chi connectivity index (χ2n) is 5.49. The number of amides is 1. The average Bonchev–Trinajstić information content (AvgIpc) is 2.56. The van der Waals surface area contributed by atoms with Gasteiger partial charge in [-0.2, -0.15) is 0 Å². The molecule has 0 aliphatic carbocycles. The number of benzene rings is 2. The predicted octanol–water partition coefficient (Wildman–Crippen LogP) is 3.68. The van der Waals surface area contributed by atoms with Crippen molar-refractivity contribution in [3.05, 3.63) is 77.6 Å². The minimum Gasteiger partial charge on any atom is -0.338 e. The number of halogens is 1. The quantitative estimate of drug-likeness (QED) is 0.846. The summed E-state index contributed by atoms with van der Waals surface area (Å²) in [7, 11) is 0. The summed E-state index contributed by atoms with van der Waals surface area (Å²) in [6.07, 6.45) is 3.23. The van der Waals surface area contributed by atoms with E-state index in [-0.39, 0.29) is 18.1 Å². The first-order chi connectivity index (χ1) is 10.7. The van der Waals surface area contributed by atoms with Crippen molar-refractivity contribution in [2.75, 3.05) is 13.1 Å². The summed E-state index contributed by atoms with van der Waals surface area (Å²) in [6.45, 7) is 1.34. The molecule has 0 N–H and O–H groups in total. The van der Waals surface area contributed by atoms with Gasteiger partial charge in [0.25, 0.3) is 0 Å². The Labute approximate surface area is 129 Å². The molecule has 0 unspecified atom stereocenters.